The molecule has 106 valence electrons. The molecule has 0 bridgehead atoms. The fourth-order valence-electron chi connectivity index (χ4n) is 1.52. The first-order chi connectivity index (χ1) is 8.89. The lowest BCUT2D eigenvalue weighted by atomic mass is 10.1. The summed E-state index contributed by atoms with van der Waals surface area (Å²) in [6.45, 7) is 4.83. The van der Waals surface area contributed by atoms with Crippen molar-refractivity contribution in [2.45, 2.75) is 26.1 Å². The number of nitrogens with one attached hydrogen (secondary N) is 1. The summed E-state index contributed by atoms with van der Waals surface area (Å²) in [4.78, 5) is 10.3. The van der Waals surface area contributed by atoms with E-state index in [2.05, 4.69) is 5.32 Å². The SMILES string of the molecule is COCc1cc([N+](=O)[O-])ccc1NCC(C)(C)OC. The summed E-state index contributed by atoms with van der Waals surface area (Å²) in [6, 6.07) is 4.69. The van der Waals surface area contributed by atoms with Crippen LogP contribution in [0, 0.1) is 10.1 Å². The van der Waals surface area contributed by atoms with Crippen molar-refractivity contribution >= 4 is 11.4 Å². The number of anilines is 1. The molecule has 0 unspecified atom stereocenters. The third-order valence-corrected chi connectivity index (χ3v) is 2.86. The van der Waals surface area contributed by atoms with E-state index in [1.807, 2.05) is 13.8 Å². The lowest BCUT2D eigenvalue weighted by molar-refractivity contribution is -0.384. The van der Waals surface area contributed by atoms with E-state index >= 15 is 0 Å². The largest absolute Gasteiger partial charge is 0.382 e. The van der Waals surface area contributed by atoms with Crippen molar-refractivity contribution in [1.82, 2.24) is 0 Å². The van der Waals surface area contributed by atoms with Crippen LogP contribution < -0.4 is 5.32 Å². The number of benzene rings is 1. The fraction of sp³-hybridized carbons (Fsp3) is 0.538. The molecule has 0 aromatic heterocycles. The van der Waals surface area contributed by atoms with Gasteiger partial charge in [0.15, 0.2) is 0 Å². The van der Waals surface area contributed by atoms with Crippen molar-refractivity contribution in [3.63, 3.8) is 0 Å². The molecule has 0 fully saturated rings. The van der Waals surface area contributed by atoms with Crippen molar-refractivity contribution in [2.75, 3.05) is 26.1 Å². The number of ether oxygens (including phenoxy) is 2. The monoisotopic (exact) mass is 268 g/mol. The van der Waals surface area contributed by atoms with E-state index in [4.69, 9.17) is 9.47 Å². The molecule has 1 aromatic rings. The molecule has 19 heavy (non-hydrogen) atoms. The normalized spacial score (nSPS) is 11.4. The van der Waals surface area contributed by atoms with Gasteiger partial charge >= 0.3 is 0 Å². The minimum absolute atomic E-state index is 0.0589. The zero-order valence-corrected chi connectivity index (χ0v) is 11.7. The van der Waals surface area contributed by atoms with E-state index < -0.39 is 4.92 Å². The molecule has 0 aliphatic rings. The zero-order chi connectivity index (χ0) is 14.5. The topological polar surface area (TPSA) is 73.6 Å². The highest BCUT2D eigenvalue weighted by molar-refractivity contribution is 5.56. The van der Waals surface area contributed by atoms with Gasteiger partial charge in [0.25, 0.3) is 5.69 Å². The number of methoxy groups -OCH3 is 2. The highest BCUT2D eigenvalue weighted by Gasteiger charge is 2.17. The van der Waals surface area contributed by atoms with Gasteiger partial charge in [-0.3, -0.25) is 10.1 Å². The maximum absolute atomic E-state index is 10.8. The van der Waals surface area contributed by atoms with Crippen LogP contribution in [0.15, 0.2) is 18.2 Å². The minimum atomic E-state index is -0.415. The van der Waals surface area contributed by atoms with Crippen molar-refractivity contribution in [1.29, 1.82) is 0 Å². The van der Waals surface area contributed by atoms with Crippen LogP contribution in [0.3, 0.4) is 0 Å². The van der Waals surface area contributed by atoms with Gasteiger partial charge in [-0.25, -0.2) is 0 Å². The van der Waals surface area contributed by atoms with E-state index in [1.165, 1.54) is 12.1 Å². The molecule has 1 N–H and O–H groups in total. The van der Waals surface area contributed by atoms with Crippen LogP contribution in [0.4, 0.5) is 11.4 Å². The first-order valence-electron chi connectivity index (χ1n) is 5.95. The molecule has 0 aliphatic carbocycles. The number of nitro benzene ring substituents is 1. The second kappa shape index (κ2) is 6.49. The van der Waals surface area contributed by atoms with Gasteiger partial charge in [0.2, 0.25) is 0 Å². The molecule has 6 heteroatoms. The molecule has 0 amide bonds. The molecule has 0 heterocycles. The van der Waals surface area contributed by atoms with E-state index in [9.17, 15) is 10.1 Å². The summed E-state index contributed by atoms with van der Waals surface area (Å²) in [6.07, 6.45) is 0. The number of hydrogen-bond acceptors (Lipinski definition) is 5. The van der Waals surface area contributed by atoms with Crippen molar-refractivity contribution < 1.29 is 14.4 Å². The average Bonchev–Trinajstić information content (AvgIpc) is 2.37. The lowest BCUT2D eigenvalue weighted by Crippen LogP contribution is -2.32. The van der Waals surface area contributed by atoms with Crippen LogP contribution in [0.2, 0.25) is 0 Å². The molecule has 0 saturated heterocycles. The van der Waals surface area contributed by atoms with Crippen molar-refractivity contribution in [3.8, 4) is 0 Å². The minimum Gasteiger partial charge on any atom is -0.382 e. The van der Waals surface area contributed by atoms with Crippen molar-refractivity contribution in [2.24, 2.45) is 0 Å². The standard InChI is InChI=1S/C13H20N2O4/c1-13(2,19-4)9-14-12-6-5-11(15(16)17)7-10(12)8-18-3/h5-7,14H,8-9H2,1-4H3. The van der Waals surface area contributed by atoms with Gasteiger partial charge < -0.3 is 14.8 Å². The molecule has 0 atom stereocenters. The first-order valence-corrected chi connectivity index (χ1v) is 5.95. The highest BCUT2D eigenvalue weighted by Crippen LogP contribution is 2.23. The van der Waals surface area contributed by atoms with Crippen LogP contribution in [0.5, 0.6) is 0 Å². The van der Waals surface area contributed by atoms with Crippen LogP contribution in [-0.4, -0.2) is 31.3 Å². The Kier molecular flexibility index (Phi) is 5.26. The number of non-ortho nitro benzene ring substituents is 1. The van der Waals surface area contributed by atoms with Crippen LogP contribution in [-0.2, 0) is 16.1 Å². The molecule has 0 spiro atoms. The maximum Gasteiger partial charge on any atom is 0.269 e. The predicted molar refractivity (Wildman–Crippen MR) is 73.4 cm³/mol. The Bertz CT molecular complexity index is 446. The van der Waals surface area contributed by atoms with Crippen LogP contribution in [0.25, 0.3) is 0 Å². The Morgan fingerprint density at radius 3 is 2.58 bits per heavy atom. The molecule has 0 saturated carbocycles. The third kappa shape index (κ3) is 4.50. The van der Waals surface area contributed by atoms with Gasteiger partial charge in [-0.2, -0.15) is 0 Å². The zero-order valence-electron chi connectivity index (χ0n) is 11.7. The van der Waals surface area contributed by atoms with Gasteiger partial charge in [-0.15, -0.1) is 0 Å². The van der Waals surface area contributed by atoms with E-state index in [0.717, 1.165) is 11.3 Å². The maximum atomic E-state index is 10.8. The second-order valence-corrected chi connectivity index (χ2v) is 4.85. The van der Waals surface area contributed by atoms with E-state index in [0.29, 0.717) is 13.2 Å². The molecule has 0 aliphatic heterocycles. The Hall–Kier alpha value is -1.66. The molecule has 1 aromatic carbocycles. The van der Waals surface area contributed by atoms with Gasteiger partial charge in [0.1, 0.15) is 0 Å². The summed E-state index contributed by atoms with van der Waals surface area (Å²) in [7, 11) is 3.20. The molecule has 0 radical (unpaired) electrons. The first kappa shape index (κ1) is 15.4. The fourth-order valence-corrected chi connectivity index (χ4v) is 1.52. The number of hydrogen-bond donors (Lipinski definition) is 1. The summed E-state index contributed by atoms with van der Waals surface area (Å²) in [5.41, 5.74) is 1.32. The summed E-state index contributed by atoms with van der Waals surface area (Å²) in [5, 5.41) is 14.0. The molecular weight excluding hydrogens is 248 g/mol. The smallest absolute Gasteiger partial charge is 0.269 e. The molecule has 6 nitrogen and oxygen atoms in total. The van der Waals surface area contributed by atoms with Gasteiger partial charge in [-0.05, 0) is 19.9 Å². The Labute approximate surface area is 112 Å². The van der Waals surface area contributed by atoms with Gasteiger partial charge in [0, 0.05) is 44.1 Å². The van der Waals surface area contributed by atoms with E-state index in [1.54, 1.807) is 20.3 Å². The highest BCUT2D eigenvalue weighted by atomic mass is 16.6. The number of nitrogens with zero attached hydrogens (tertiary/aromatic N) is 1. The Morgan fingerprint density at radius 1 is 1.37 bits per heavy atom. The number of rotatable bonds is 7. The Balaban J connectivity index is 2.90. The average molecular weight is 268 g/mol. The summed E-state index contributed by atoms with van der Waals surface area (Å²) < 4.78 is 10.4. The molecule has 1 rings (SSSR count). The van der Waals surface area contributed by atoms with Crippen LogP contribution >= 0.6 is 0 Å². The quantitative estimate of drug-likeness (QED) is 0.607. The second-order valence-electron chi connectivity index (χ2n) is 4.85. The summed E-state index contributed by atoms with van der Waals surface area (Å²) in [5.74, 6) is 0. The van der Waals surface area contributed by atoms with Crippen molar-refractivity contribution in [3.05, 3.63) is 33.9 Å². The van der Waals surface area contributed by atoms with E-state index in [-0.39, 0.29) is 11.3 Å². The predicted octanol–water partition coefficient (Wildman–Crippen LogP) is 2.58. The molecular formula is C13H20N2O4. The van der Waals surface area contributed by atoms with Gasteiger partial charge in [0.05, 0.1) is 17.1 Å². The lowest BCUT2D eigenvalue weighted by Gasteiger charge is -2.24. The van der Waals surface area contributed by atoms with Crippen LogP contribution in [0.1, 0.15) is 19.4 Å². The number of nitro groups is 1. The third-order valence-electron chi connectivity index (χ3n) is 2.86. The van der Waals surface area contributed by atoms with Gasteiger partial charge in [-0.1, -0.05) is 0 Å². The summed E-state index contributed by atoms with van der Waals surface area (Å²) >= 11 is 0. The Morgan fingerprint density at radius 2 is 2.05 bits per heavy atom.